The van der Waals surface area contributed by atoms with Gasteiger partial charge in [0.15, 0.2) is 0 Å². The summed E-state index contributed by atoms with van der Waals surface area (Å²) in [6, 6.07) is 0. The molecule has 80 valence electrons. The minimum atomic E-state index is -0.649. The van der Waals surface area contributed by atoms with Gasteiger partial charge in [0.25, 0.3) is 0 Å². The first-order valence-electron chi connectivity index (χ1n) is 5.21. The monoisotopic (exact) mass is 197 g/mol. The fourth-order valence-electron chi connectivity index (χ4n) is 2.03. The number of hydrogen-bond donors (Lipinski definition) is 1. The first-order chi connectivity index (χ1) is 6.65. The van der Waals surface area contributed by atoms with Crippen LogP contribution >= 0.6 is 0 Å². The average molecular weight is 197 g/mol. The highest BCUT2D eigenvalue weighted by Crippen LogP contribution is 2.23. The molecule has 0 aliphatic carbocycles. The zero-order valence-corrected chi connectivity index (χ0v) is 8.78. The lowest BCUT2D eigenvalue weighted by Gasteiger charge is -2.13. The summed E-state index contributed by atoms with van der Waals surface area (Å²) in [5.74, 6) is -0.529. The van der Waals surface area contributed by atoms with Gasteiger partial charge in [0.2, 0.25) is 0 Å². The van der Waals surface area contributed by atoms with Crippen LogP contribution in [0, 0.1) is 11.8 Å². The summed E-state index contributed by atoms with van der Waals surface area (Å²) >= 11 is 0. The Hall–Kier alpha value is -0.830. The van der Waals surface area contributed by atoms with Gasteiger partial charge < -0.3 is 10.0 Å². The summed E-state index contributed by atoms with van der Waals surface area (Å²) in [4.78, 5) is 13.1. The van der Waals surface area contributed by atoms with E-state index in [2.05, 4.69) is 11.5 Å². The Morgan fingerprint density at radius 2 is 2.36 bits per heavy atom. The number of likely N-dealkylation sites (tertiary alicyclic amines) is 1. The molecule has 3 heteroatoms. The summed E-state index contributed by atoms with van der Waals surface area (Å²) in [6.07, 6.45) is 4.01. The third kappa shape index (κ3) is 2.84. The van der Waals surface area contributed by atoms with Crippen molar-refractivity contribution in [2.24, 2.45) is 11.8 Å². The Morgan fingerprint density at radius 1 is 1.64 bits per heavy atom. The first kappa shape index (κ1) is 11.2. The van der Waals surface area contributed by atoms with Crippen molar-refractivity contribution in [1.82, 2.24) is 4.90 Å². The van der Waals surface area contributed by atoms with E-state index in [1.807, 2.05) is 13.0 Å². The third-order valence-electron chi connectivity index (χ3n) is 2.89. The van der Waals surface area contributed by atoms with E-state index in [0.717, 1.165) is 25.9 Å². The van der Waals surface area contributed by atoms with Crippen LogP contribution in [0.4, 0.5) is 0 Å². The Balaban J connectivity index is 2.31. The van der Waals surface area contributed by atoms with E-state index in [0.29, 0.717) is 6.54 Å². The molecule has 1 fully saturated rings. The van der Waals surface area contributed by atoms with Gasteiger partial charge in [0.1, 0.15) is 0 Å². The summed E-state index contributed by atoms with van der Waals surface area (Å²) < 4.78 is 0. The molecule has 3 nitrogen and oxygen atoms in total. The molecule has 0 aromatic carbocycles. The quantitative estimate of drug-likeness (QED) is 0.537. The predicted molar refractivity (Wildman–Crippen MR) is 56.2 cm³/mol. The Kier molecular flexibility index (Phi) is 4.14. The SMILES string of the molecule is C=CCCCN1C[C@@H](C)[C@H](C(=O)O)C1. The number of unbranched alkanes of at least 4 members (excludes halogenated alkanes) is 1. The van der Waals surface area contributed by atoms with Gasteiger partial charge in [-0.3, -0.25) is 4.79 Å². The molecule has 0 saturated carbocycles. The van der Waals surface area contributed by atoms with Gasteiger partial charge in [0, 0.05) is 13.1 Å². The molecule has 0 radical (unpaired) electrons. The predicted octanol–water partition coefficient (Wildman–Crippen LogP) is 1.61. The largest absolute Gasteiger partial charge is 0.481 e. The Bertz CT molecular complexity index is 215. The molecule has 1 N–H and O–H groups in total. The molecular weight excluding hydrogens is 178 g/mol. The molecule has 0 amide bonds. The minimum Gasteiger partial charge on any atom is -0.481 e. The van der Waals surface area contributed by atoms with Gasteiger partial charge in [-0.05, 0) is 25.3 Å². The lowest BCUT2D eigenvalue weighted by molar-refractivity contribution is -0.142. The molecule has 0 aromatic heterocycles. The van der Waals surface area contributed by atoms with Crippen molar-refractivity contribution < 1.29 is 9.90 Å². The lowest BCUT2D eigenvalue weighted by Crippen LogP contribution is -2.24. The number of hydrogen-bond acceptors (Lipinski definition) is 2. The topological polar surface area (TPSA) is 40.5 Å². The molecule has 1 aliphatic heterocycles. The highest BCUT2D eigenvalue weighted by Gasteiger charge is 2.33. The number of carboxylic acid groups (broad SMARTS) is 1. The highest BCUT2D eigenvalue weighted by molar-refractivity contribution is 5.71. The maximum Gasteiger partial charge on any atom is 0.308 e. The van der Waals surface area contributed by atoms with Crippen molar-refractivity contribution in [2.45, 2.75) is 19.8 Å². The van der Waals surface area contributed by atoms with Crippen LogP contribution in [0.1, 0.15) is 19.8 Å². The molecule has 1 heterocycles. The molecule has 0 bridgehead atoms. The molecule has 14 heavy (non-hydrogen) atoms. The van der Waals surface area contributed by atoms with Crippen molar-refractivity contribution in [3.05, 3.63) is 12.7 Å². The van der Waals surface area contributed by atoms with E-state index in [9.17, 15) is 4.79 Å². The second kappa shape index (κ2) is 5.15. The number of aliphatic carboxylic acids is 1. The van der Waals surface area contributed by atoms with Crippen molar-refractivity contribution in [3.63, 3.8) is 0 Å². The maximum absolute atomic E-state index is 10.8. The fourth-order valence-corrected chi connectivity index (χ4v) is 2.03. The highest BCUT2D eigenvalue weighted by atomic mass is 16.4. The summed E-state index contributed by atoms with van der Waals surface area (Å²) in [5.41, 5.74) is 0. The standard InChI is InChI=1S/C11H19NO2/c1-3-4-5-6-12-7-9(2)10(8-12)11(13)14/h3,9-10H,1,4-8H2,2H3,(H,13,14)/t9-,10-/m1/s1. The normalized spacial score (nSPS) is 27.8. The second-order valence-electron chi connectivity index (χ2n) is 4.11. The van der Waals surface area contributed by atoms with Crippen molar-refractivity contribution in [1.29, 1.82) is 0 Å². The van der Waals surface area contributed by atoms with E-state index in [4.69, 9.17) is 5.11 Å². The average Bonchev–Trinajstić information content (AvgIpc) is 2.47. The molecular formula is C11H19NO2. The zero-order chi connectivity index (χ0) is 10.6. The summed E-state index contributed by atoms with van der Waals surface area (Å²) in [5, 5.41) is 8.93. The Labute approximate surface area is 85.4 Å². The molecule has 1 saturated heterocycles. The van der Waals surface area contributed by atoms with Crippen molar-refractivity contribution in [2.75, 3.05) is 19.6 Å². The number of allylic oxidation sites excluding steroid dienone is 1. The van der Waals surface area contributed by atoms with Crippen LogP contribution < -0.4 is 0 Å². The molecule has 0 unspecified atom stereocenters. The molecule has 2 atom stereocenters. The third-order valence-corrected chi connectivity index (χ3v) is 2.89. The van der Waals surface area contributed by atoms with Crippen LogP contribution in [0.2, 0.25) is 0 Å². The van der Waals surface area contributed by atoms with Crippen LogP contribution in [-0.2, 0) is 4.79 Å². The van der Waals surface area contributed by atoms with Gasteiger partial charge in [-0.25, -0.2) is 0 Å². The van der Waals surface area contributed by atoms with Gasteiger partial charge in [-0.1, -0.05) is 13.0 Å². The minimum absolute atomic E-state index is 0.168. The van der Waals surface area contributed by atoms with Crippen LogP contribution in [0.3, 0.4) is 0 Å². The molecule has 0 spiro atoms. The van der Waals surface area contributed by atoms with E-state index in [-0.39, 0.29) is 11.8 Å². The van der Waals surface area contributed by atoms with E-state index < -0.39 is 5.97 Å². The Morgan fingerprint density at radius 3 is 2.86 bits per heavy atom. The first-order valence-corrected chi connectivity index (χ1v) is 5.21. The van der Waals surface area contributed by atoms with E-state index in [1.54, 1.807) is 0 Å². The van der Waals surface area contributed by atoms with Crippen molar-refractivity contribution in [3.8, 4) is 0 Å². The lowest BCUT2D eigenvalue weighted by atomic mass is 9.99. The van der Waals surface area contributed by atoms with Gasteiger partial charge in [-0.2, -0.15) is 0 Å². The number of rotatable bonds is 5. The van der Waals surface area contributed by atoms with Crippen LogP contribution in [-0.4, -0.2) is 35.6 Å². The van der Waals surface area contributed by atoms with Gasteiger partial charge in [-0.15, -0.1) is 6.58 Å². The summed E-state index contributed by atoms with van der Waals surface area (Å²) in [7, 11) is 0. The van der Waals surface area contributed by atoms with Crippen LogP contribution in [0.15, 0.2) is 12.7 Å². The number of nitrogens with zero attached hydrogens (tertiary/aromatic N) is 1. The fraction of sp³-hybridized carbons (Fsp3) is 0.727. The van der Waals surface area contributed by atoms with Gasteiger partial charge in [0.05, 0.1) is 5.92 Å². The second-order valence-corrected chi connectivity index (χ2v) is 4.11. The van der Waals surface area contributed by atoms with E-state index in [1.165, 1.54) is 0 Å². The smallest absolute Gasteiger partial charge is 0.308 e. The molecule has 1 rings (SSSR count). The molecule has 0 aromatic rings. The van der Waals surface area contributed by atoms with Crippen molar-refractivity contribution >= 4 is 5.97 Å². The zero-order valence-electron chi connectivity index (χ0n) is 8.78. The van der Waals surface area contributed by atoms with Crippen LogP contribution in [0.25, 0.3) is 0 Å². The van der Waals surface area contributed by atoms with Gasteiger partial charge >= 0.3 is 5.97 Å². The van der Waals surface area contributed by atoms with Crippen LogP contribution in [0.5, 0.6) is 0 Å². The molecule has 1 aliphatic rings. The summed E-state index contributed by atoms with van der Waals surface area (Å²) in [6.45, 7) is 8.33. The number of carboxylic acids is 1. The maximum atomic E-state index is 10.8. The van der Waals surface area contributed by atoms with E-state index >= 15 is 0 Å². The number of carbonyl (C=O) groups is 1.